The number of benzene rings is 1. The third-order valence-corrected chi connectivity index (χ3v) is 3.55. The van der Waals surface area contributed by atoms with Crippen LogP contribution in [0.5, 0.6) is 11.5 Å². The first kappa shape index (κ1) is 15.6. The van der Waals surface area contributed by atoms with Crippen molar-refractivity contribution in [1.82, 2.24) is 4.98 Å². The Morgan fingerprint density at radius 2 is 1.95 bits per heavy atom. The molecule has 2 aromatic rings. The van der Waals surface area contributed by atoms with Crippen molar-refractivity contribution in [2.45, 2.75) is 32.8 Å². The van der Waals surface area contributed by atoms with Crippen molar-refractivity contribution in [2.75, 3.05) is 7.11 Å². The molecule has 0 aliphatic heterocycles. The molecule has 0 saturated heterocycles. The smallest absolute Gasteiger partial charge is 0.135 e. The molecule has 0 atom stereocenters. The zero-order chi connectivity index (χ0) is 15.5. The average Bonchev–Trinajstić information content (AvgIpc) is 2.45. The van der Waals surface area contributed by atoms with Gasteiger partial charge in [0, 0.05) is 17.3 Å². The third-order valence-electron chi connectivity index (χ3n) is 3.21. The molecule has 1 aromatic heterocycles. The van der Waals surface area contributed by atoms with E-state index in [9.17, 15) is 0 Å². The molecule has 0 N–H and O–H groups in total. The van der Waals surface area contributed by atoms with E-state index in [-0.39, 0.29) is 5.41 Å². The first-order valence-corrected chi connectivity index (χ1v) is 7.20. The van der Waals surface area contributed by atoms with Gasteiger partial charge in [-0.05, 0) is 29.7 Å². The lowest BCUT2D eigenvalue weighted by molar-refractivity contribution is 0.296. The number of pyridine rings is 1. The average molecular weight is 306 g/mol. The molecule has 1 aromatic carbocycles. The molecule has 0 amide bonds. The summed E-state index contributed by atoms with van der Waals surface area (Å²) in [5.74, 6) is 1.66. The normalized spacial score (nSPS) is 11.3. The minimum absolute atomic E-state index is 0.0391. The summed E-state index contributed by atoms with van der Waals surface area (Å²) in [7, 11) is 1.66. The Balaban J connectivity index is 2.26. The number of hydrogen-bond acceptors (Lipinski definition) is 3. The highest BCUT2D eigenvalue weighted by Crippen LogP contribution is 2.34. The fourth-order valence-corrected chi connectivity index (χ4v) is 2.20. The van der Waals surface area contributed by atoms with Crippen molar-refractivity contribution in [1.29, 1.82) is 0 Å². The van der Waals surface area contributed by atoms with E-state index in [4.69, 9.17) is 21.1 Å². The van der Waals surface area contributed by atoms with Crippen LogP contribution in [-0.4, -0.2) is 12.1 Å². The van der Waals surface area contributed by atoms with E-state index in [1.54, 1.807) is 13.3 Å². The highest BCUT2D eigenvalue weighted by Gasteiger charge is 2.20. The van der Waals surface area contributed by atoms with Gasteiger partial charge in [0.2, 0.25) is 0 Å². The van der Waals surface area contributed by atoms with Gasteiger partial charge in [0.05, 0.1) is 7.11 Å². The van der Waals surface area contributed by atoms with Gasteiger partial charge in [-0.1, -0.05) is 38.4 Å². The zero-order valence-electron chi connectivity index (χ0n) is 12.8. The predicted octanol–water partition coefficient (Wildman–Crippen LogP) is 4.62. The summed E-state index contributed by atoms with van der Waals surface area (Å²) >= 11 is 6.06. The molecule has 4 heteroatoms. The molecular formula is C17H20ClNO2. The maximum absolute atomic E-state index is 6.06. The summed E-state index contributed by atoms with van der Waals surface area (Å²) in [5.41, 5.74) is 1.93. The van der Waals surface area contributed by atoms with Gasteiger partial charge in [-0.2, -0.15) is 0 Å². The molecule has 0 bridgehead atoms. The van der Waals surface area contributed by atoms with Gasteiger partial charge in [0.15, 0.2) is 0 Å². The van der Waals surface area contributed by atoms with Crippen LogP contribution in [0.3, 0.4) is 0 Å². The summed E-state index contributed by atoms with van der Waals surface area (Å²) in [6.45, 7) is 6.82. The number of hydrogen-bond donors (Lipinski definition) is 0. The summed E-state index contributed by atoms with van der Waals surface area (Å²) in [6.07, 6.45) is 1.67. The largest absolute Gasteiger partial charge is 0.497 e. The molecule has 1 heterocycles. The SMILES string of the molecule is COc1ccc(OCc2cccnc2Cl)c(C(C)(C)C)c1. The number of nitrogens with zero attached hydrogens (tertiary/aromatic N) is 1. The van der Waals surface area contributed by atoms with Crippen LogP contribution in [-0.2, 0) is 12.0 Å². The second-order valence-electron chi connectivity index (χ2n) is 5.85. The maximum atomic E-state index is 6.06. The highest BCUT2D eigenvalue weighted by atomic mass is 35.5. The molecule has 3 nitrogen and oxygen atoms in total. The maximum Gasteiger partial charge on any atom is 0.135 e. The molecule has 21 heavy (non-hydrogen) atoms. The van der Waals surface area contributed by atoms with Crippen LogP contribution in [0.4, 0.5) is 0 Å². The number of methoxy groups -OCH3 is 1. The molecule has 0 aliphatic carbocycles. The lowest BCUT2D eigenvalue weighted by atomic mass is 9.86. The molecule has 0 radical (unpaired) electrons. The van der Waals surface area contributed by atoms with Crippen LogP contribution < -0.4 is 9.47 Å². The molecule has 0 saturated carbocycles. The summed E-state index contributed by atoms with van der Waals surface area (Å²) < 4.78 is 11.3. The van der Waals surface area contributed by atoms with E-state index in [1.165, 1.54) is 0 Å². The predicted molar refractivity (Wildman–Crippen MR) is 85.3 cm³/mol. The monoisotopic (exact) mass is 305 g/mol. The number of ether oxygens (including phenoxy) is 2. The summed E-state index contributed by atoms with van der Waals surface area (Å²) in [4.78, 5) is 4.06. The van der Waals surface area contributed by atoms with E-state index in [0.29, 0.717) is 11.8 Å². The molecule has 2 rings (SSSR count). The van der Waals surface area contributed by atoms with Crippen LogP contribution in [0.25, 0.3) is 0 Å². The minimum Gasteiger partial charge on any atom is -0.497 e. The van der Waals surface area contributed by atoms with Crippen molar-refractivity contribution in [3.8, 4) is 11.5 Å². The third kappa shape index (κ3) is 3.88. The molecule has 112 valence electrons. The van der Waals surface area contributed by atoms with Gasteiger partial charge in [0.1, 0.15) is 23.3 Å². The molecule has 0 unspecified atom stereocenters. The van der Waals surface area contributed by atoms with E-state index >= 15 is 0 Å². The molecule has 0 aliphatic rings. The fourth-order valence-electron chi connectivity index (χ4n) is 2.03. The topological polar surface area (TPSA) is 31.4 Å². The van der Waals surface area contributed by atoms with E-state index in [0.717, 1.165) is 22.6 Å². The Bertz CT molecular complexity index is 620. The standard InChI is InChI=1S/C17H20ClNO2/c1-17(2,3)14-10-13(20-4)7-8-15(14)21-11-12-6-5-9-19-16(12)18/h5-10H,11H2,1-4H3. The Morgan fingerprint density at radius 1 is 1.19 bits per heavy atom. The Hall–Kier alpha value is -1.74. The van der Waals surface area contributed by atoms with Crippen molar-refractivity contribution in [2.24, 2.45) is 0 Å². The van der Waals surface area contributed by atoms with Gasteiger partial charge in [-0.15, -0.1) is 0 Å². The first-order chi connectivity index (χ1) is 9.91. The Kier molecular flexibility index (Phi) is 4.73. The van der Waals surface area contributed by atoms with Crippen LogP contribution >= 0.6 is 11.6 Å². The Labute approximate surface area is 130 Å². The zero-order valence-corrected chi connectivity index (χ0v) is 13.6. The van der Waals surface area contributed by atoms with Crippen molar-refractivity contribution < 1.29 is 9.47 Å². The minimum atomic E-state index is -0.0391. The van der Waals surface area contributed by atoms with E-state index < -0.39 is 0 Å². The van der Waals surface area contributed by atoms with Gasteiger partial charge in [-0.3, -0.25) is 0 Å². The molecular weight excluding hydrogens is 286 g/mol. The quantitative estimate of drug-likeness (QED) is 0.772. The molecule has 0 fully saturated rings. The molecule has 0 spiro atoms. The van der Waals surface area contributed by atoms with Crippen LogP contribution in [0.15, 0.2) is 36.5 Å². The van der Waals surface area contributed by atoms with E-state index in [2.05, 4.69) is 25.8 Å². The van der Waals surface area contributed by atoms with Gasteiger partial charge in [-0.25, -0.2) is 4.98 Å². The van der Waals surface area contributed by atoms with Crippen molar-refractivity contribution in [3.63, 3.8) is 0 Å². The second-order valence-corrected chi connectivity index (χ2v) is 6.21. The van der Waals surface area contributed by atoms with Gasteiger partial charge < -0.3 is 9.47 Å². The van der Waals surface area contributed by atoms with Crippen molar-refractivity contribution >= 4 is 11.6 Å². The lowest BCUT2D eigenvalue weighted by Crippen LogP contribution is -2.13. The van der Waals surface area contributed by atoms with E-state index in [1.807, 2.05) is 30.3 Å². The fraction of sp³-hybridized carbons (Fsp3) is 0.353. The highest BCUT2D eigenvalue weighted by molar-refractivity contribution is 6.30. The summed E-state index contributed by atoms with van der Waals surface area (Å²) in [6, 6.07) is 9.61. The number of rotatable bonds is 4. The van der Waals surface area contributed by atoms with Crippen LogP contribution in [0, 0.1) is 0 Å². The second kappa shape index (κ2) is 6.35. The lowest BCUT2D eigenvalue weighted by Gasteiger charge is -2.23. The van der Waals surface area contributed by atoms with Crippen LogP contribution in [0.1, 0.15) is 31.9 Å². The van der Waals surface area contributed by atoms with Gasteiger partial charge >= 0.3 is 0 Å². The van der Waals surface area contributed by atoms with Gasteiger partial charge in [0.25, 0.3) is 0 Å². The number of halogens is 1. The van der Waals surface area contributed by atoms with Crippen LogP contribution in [0.2, 0.25) is 5.15 Å². The van der Waals surface area contributed by atoms with Crippen molar-refractivity contribution in [3.05, 3.63) is 52.8 Å². The summed E-state index contributed by atoms with van der Waals surface area (Å²) in [5, 5.41) is 0.475. The number of aromatic nitrogens is 1. The first-order valence-electron chi connectivity index (χ1n) is 6.82. The Morgan fingerprint density at radius 3 is 2.57 bits per heavy atom.